The van der Waals surface area contributed by atoms with Crippen molar-refractivity contribution in [1.29, 1.82) is 0 Å². The first-order valence-electron chi connectivity index (χ1n) is 6.45. The molecule has 0 radical (unpaired) electrons. The zero-order valence-electron chi connectivity index (χ0n) is 11.3. The first-order chi connectivity index (χ1) is 9.28. The first kappa shape index (κ1) is 15.5. The number of rotatable bonds is 3. The lowest BCUT2D eigenvalue weighted by Crippen LogP contribution is -2.44. The topological polar surface area (TPSA) is 57.6 Å². The van der Waals surface area contributed by atoms with Crippen LogP contribution in [0, 0.1) is 0 Å². The molecule has 0 aliphatic carbocycles. The molecule has 1 aromatic rings. The van der Waals surface area contributed by atoms with Crippen LogP contribution in [0.25, 0.3) is 6.08 Å². The fraction of sp³-hybridized carbons (Fsp3) is 0.429. The Morgan fingerprint density at radius 3 is 2.35 bits per heavy atom. The smallest absolute Gasteiger partial charge is 0.236 e. The van der Waals surface area contributed by atoms with Gasteiger partial charge in [-0.05, 0) is 43.5 Å². The number of benzene rings is 1. The summed E-state index contributed by atoms with van der Waals surface area (Å²) < 4.78 is 25.7. The summed E-state index contributed by atoms with van der Waals surface area (Å²) in [5.41, 5.74) is 0.0216. The van der Waals surface area contributed by atoms with Crippen molar-refractivity contribution in [3.05, 3.63) is 40.3 Å². The fourth-order valence-electron chi connectivity index (χ4n) is 2.05. The minimum atomic E-state index is -3.43. The highest BCUT2D eigenvalue weighted by molar-refractivity contribution is 7.92. The van der Waals surface area contributed by atoms with Gasteiger partial charge < -0.3 is 5.11 Å². The number of aliphatic hydroxyl groups is 1. The van der Waals surface area contributed by atoms with E-state index in [0.29, 0.717) is 31.0 Å². The number of piperidine rings is 1. The Labute approximate surface area is 124 Å². The van der Waals surface area contributed by atoms with Gasteiger partial charge in [0.1, 0.15) is 0 Å². The molecule has 1 N–H and O–H groups in total. The second kappa shape index (κ2) is 5.85. The third-order valence-electron chi connectivity index (χ3n) is 3.46. The molecule has 4 nitrogen and oxygen atoms in total. The molecule has 20 heavy (non-hydrogen) atoms. The van der Waals surface area contributed by atoms with Crippen LogP contribution in [0.2, 0.25) is 5.02 Å². The van der Waals surface area contributed by atoms with Crippen LogP contribution in [0.15, 0.2) is 29.7 Å². The van der Waals surface area contributed by atoms with E-state index in [0.717, 1.165) is 5.56 Å². The van der Waals surface area contributed by atoms with E-state index >= 15 is 0 Å². The highest BCUT2D eigenvalue weighted by Gasteiger charge is 2.31. The predicted molar refractivity (Wildman–Crippen MR) is 80.8 cm³/mol. The largest absolute Gasteiger partial charge is 0.390 e. The lowest BCUT2D eigenvalue weighted by molar-refractivity contribution is 0.0128. The maximum Gasteiger partial charge on any atom is 0.236 e. The second-order valence-corrected chi connectivity index (χ2v) is 7.55. The van der Waals surface area contributed by atoms with Gasteiger partial charge in [-0.25, -0.2) is 8.42 Å². The summed E-state index contributed by atoms with van der Waals surface area (Å²) in [6.45, 7) is 2.43. The van der Waals surface area contributed by atoms with Gasteiger partial charge in [-0.2, -0.15) is 4.31 Å². The van der Waals surface area contributed by atoms with Crippen LogP contribution in [0.1, 0.15) is 25.3 Å². The van der Waals surface area contributed by atoms with Gasteiger partial charge in [-0.1, -0.05) is 23.7 Å². The fourth-order valence-corrected chi connectivity index (χ4v) is 3.37. The average molecular weight is 316 g/mol. The SMILES string of the molecule is CC1(O)CCN(S(=O)(=O)/C=C/c2ccc(Cl)cc2)CC1. The number of sulfonamides is 1. The van der Waals surface area contributed by atoms with Gasteiger partial charge in [0.05, 0.1) is 5.60 Å². The van der Waals surface area contributed by atoms with Crippen molar-refractivity contribution in [3.63, 3.8) is 0 Å². The van der Waals surface area contributed by atoms with Crippen molar-refractivity contribution in [1.82, 2.24) is 4.31 Å². The Bertz CT molecular complexity index is 583. The van der Waals surface area contributed by atoms with Crippen molar-refractivity contribution in [3.8, 4) is 0 Å². The summed E-state index contributed by atoms with van der Waals surface area (Å²) in [5.74, 6) is 0. The van der Waals surface area contributed by atoms with Crippen LogP contribution in [0.5, 0.6) is 0 Å². The van der Waals surface area contributed by atoms with Gasteiger partial charge in [-0.15, -0.1) is 0 Å². The molecule has 1 aromatic carbocycles. The van der Waals surface area contributed by atoms with Crippen molar-refractivity contribution in [2.24, 2.45) is 0 Å². The van der Waals surface area contributed by atoms with Gasteiger partial charge in [0.2, 0.25) is 10.0 Å². The Hall–Kier alpha value is -0.880. The van der Waals surface area contributed by atoms with Gasteiger partial charge >= 0.3 is 0 Å². The van der Waals surface area contributed by atoms with Crippen LogP contribution in [0.4, 0.5) is 0 Å². The summed E-state index contributed by atoms with van der Waals surface area (Å²) in [6, 6.07) is 6.95. The molecule has 1 fully saturated rings. The Morgan fingerprint density at radius 2 is 1.80 bits per heavy atom. The molecule has 0 saturated carbocycles. The van der Waals surface area contributed by atoms with E-state index in [2.05, 4.69) is 0 Å². The van der Waals surface area contributed by atoms with E-state index in [1.165, 1.54) is 9.71 Å². The number of halogens is 1. The van der Waals surface area contributed by atoms with Crippen LogP contribution in [0.3, 0.4) is 0 Å². The molecule has 110 valence electrons. The monoisotopic (exact) mass is 315 g/mol. The van der Waals surface area contributed by atoms with Crippen molar-refractivity contribution in [2.75, 3.05) is 13.1 Å². The van der Waals surface area contributed by atoms with E-state index < -0.39 is 15.6 Å². The van der Waals surface area contributed by atoms with Gasteiger partial charge in [0, 0.05) is 23.5 Å². The van der Waals surface area contributed by atoms with Gasteiger partial charge in [0.25, 0.3) is 0 Å². The second-order valence-electron chi connectivity index (χ2n) is 5.30. The predicted octanol–water partition coefficient (Wildman–Crippen LogP) is 2.49. The standard InChI is InChI=1S/C14H18ClNO3S/c1-14(17)7-9-16(10-8-14)20(18,19)11-6-12-2-4-13(15)5-3-12/h2-6,11,17H,7-10H2,1H3/b11-6+. The number of hydrogen-bond donors (Lipinski definition) is 1. The highest BCUT2D eigenvalue weighted by Crippen LogP contribution is 2.23. The highest BCUT2D eigenvalue weighted by atomic mass is 35.5. The lowest BCUT2D eigenvalue weighted by atomic mass is 9.95. The maximum absolute atomic E-state index is 12.2. The lowest BCUT2D eigenvalue weighted by Gasteiger charge is -2.34. The van der Waals surface area contributed by atoms with Crippen LogP contribution in [-0.4, -0.2) is 36.5 Å². The van der Waals surface area contributed by atoms with E-state index in [1.54, 1.807) is 37.3 Å². The number of hydrogen-bond acceptors (Lipinski definition) is 3. The Kier molecular flexibility index (Phi) is 4.54. The molecular weight excluding hydrogens is 298 g/mol. The minimum Gasteiger partial charge on any atom is -0.390 e. The van der Waals surface area contributed by atoms with E-state index in [1.807, 2.05) is 0 Å². The third-order valence-corrected chi connectivity index (χ3v) is 5.28. The summed E-state index contributed by atoms with van der Waals surface area (Å²) in [5, 5.41) is 11.7. The molecular formula is C14H18ClNO3S. The quantitative estimate of drug-likeness (QED) is 0.932. The third kappa shape index (κ3) is 4.06. The normalized spacial score (nSPS) is 20.4. The molecule has 6 heteroatoms. The van der Waals surface area contributed by atoms with Gasteiger partial charge in [0.15, 0.2) is 0 Å². The minimum absolute atomic E-state index is 0.348. The summed E-state index contributed by atoms with van der Waals surface area (Å²) in [7, 11) is -3.43. The molecule has 0 bridgehead atoms. The van der Waals surface area contributed by atoms with Crippen LogP contribution in [-0.2, 0) is 10.0 Å². The molecule has 0 atom stereocenters. The molecule has 1 saturated heterocycles. The molecule has 0 amide bonds. The zero-order valence-corrected chi connectivity index (χ0v) is 12.9. The maximum atomic E-state index is 12.2. The summed E-state index contributed by atoms with van der Waals surface area (Å²) in [6.07, 6.45) is 2.47. The molecule has 0 aromatic heterocycles. The summed E-state index contributed by atoms with van der Waals surface area (Å²) >= 11 is 5.78. The molecule has 0 unspecified atom stereocenters. The van der Waals surface area contributed by atoms with Gasteiger partial charge in [-0.3, -0.25) is 0 Å². The molecule has 1 heterocycles. The van der Waals surface area contributed by atoms with Crippen molar-refractivity contribution in [2.45, 2.75) is 25.4 Å². The first-order valence-corrected chi connectivity index (χ1v) is 8.33. The van der Waals surface area contributed by atoms with Crippen molar-refractivity contribution < 1.29 is 13.5 Å². The molecule has 1 aliphatic heterocycles. The summed E-state index contributed by atoms with van der Waals surface area (Å²) in [4.78, 5) is 0. The Morgan fingerprint density at radius 1 is 1.25 bits per heavy atom. The Balaban J connectivity index is 2.06. The van der Waals surface area contributed by atoms with Crippen molar-refractivity contribution >= 4 is 27.7 Å². The van der Waals surface area contributed by atoms with E-state index in [-0.39, 0.29) is 0 Å². The van der Waals surface area contributed by atoms with Crippen LogP contribution >= 0.6 is 11.6 Å². The average Bonchev–Trinajstić information content (AvgIpc) is 2.38. The van der Waals surface area contributed by atoms with Crippen LogP contribution < -0.4 is 0 Å². The molecule has 0 spiro atoms. The molecule has 2 rings (SSSR count). The zero-order chi connectivity index (χ0) is 14.8. The van der Waals surface area contributed by atoms with E-state index in [4.69, 9.17) is 11.6 Å². The van der Waals surface area contributed by atoms with E-state index in [9.17, 15) is 13.5 Å². The number of nitrogens with zero attached hydrogens (tertiary/aromatic N) is 1. The molecule has 1 aliphatic rings.